The monoisotopic (exact) mass is 349 g/mol. The van der Waals surface area contributed by atoms with Crippen LogP contribution in [-0.2, 0) is 10.2 Å². The highest BCUT2D eigenvalue weighted by Crippen LogP contribution is 2.29. The van der Waals surface area contributed by atoms with Crippen molar-refractivity contribution in [2.45, 2.75) is 38.6 Å². The fourth-order valence-corrected chi connectivity index (χ4v) is 3.22. The maximum Gasteiger partial charge on any atom is 0.249 e. The molecule has 0 spiro atoms. The lowest BCUT2D eigenvalue weighted by Crippen LogP contribution is -2.33. The average Bonchev–Trinajstić information content (AvgIpc) is 3.20. The Morgan fingerprint density at radius 3 is 2.65 bits per heavy atom. The summed E-state index contributed by atoms with van der Waals surface area (Å²) in [5, 5.41) is 3.36. The molecule has 0 aliphatic carbocycles. The van der Waals surface area contributed by atoms with Crippen LogP contribution in [0.15, 0.2) is 52.9 Å². The minimum atomic E-state index is -0.221. The molecule has 1 aliphatic heterocycles. The summed E-state index contributed by atoms with van der Waals surface area (Å²) in [5.74, 6) is 0.823. The Hall–Kier alpha value is -2.82. The van der Waals surface area contributed by atoms with Crippen LogP contribution in [0.1, 0.15) is 33.1 Å². The van der Waals surface area contributed by atoms with Crippen molar-refractivity contribution in [3.05, 3.63) is 54.4 Å². The molecule has 2 heterocycles. The predicted octanol–water partition coefficient (Wildman–Crippen LogP) is 4.34. The van der Waals surface area contributed by atoms with Gasteiger partial charge in [0.2, 0.25) is 11.8 Å². The van der Waals surface area contributed by atoms with Crippen molar-refractivity contribution in [3.8, 4) is 0 Å². The Morgan fingerprint density at radius 1 is 1.15 bits per heavy atom. The molecule has 0 bridgehead atoms. The highest BCUT2D eigenvalue weighted by molar-refractivity contribution is 6.01. The Balaban J connectivity index is 1.53. The summed E-state index contributed by atoms with van der Waals surface area (Å²) in [6.45, 7) is 6.95. The second-order valence-corrected chi connectivity index (χ2v) is 7.76. The van der Waals surface area contributed by atoms with Gasteiger partial charge in [-0.25, -0.2) is 4.98 Å². The van der Waals surface area contributed by atoms with Crippen molar-refractivity contribution < 1.29 is 9.21 Å². The Labute approximate surface area is 153 Å². The molecule has 0 radical (unpaired) electrons. The van der Waals surface area contributed by atoms with Gasteiger partial charge in [0.1, 0.15) is 11.6 Å². The summed E-state index contributed by atoms with van der Waals surface area (Å²) < 4.78 is 5.84. The maximum absolute atomic E-state index is 12.7. The van der Waals surface area contributed by atoms with E-state index < -0.39 is 0 Å². The lowest BCUT2D eigenvalue weighted by Gasteiger charge is -2.17. The van der Waals surface area contributed by atoms with Crippen LogP contribution in [0.25, 0.3) is 11.1 Å². The van der Waals surface area contributed by atoms with E-state index in [1.165, 1.54) is 0 Å². The number of aromatic nitrogens is 1. The van der Waals surface area contributed by atoms with Crippen LogP contribution in [0.2, 0.25) is 0 Å². The van der Waals surface area contributed by atoms with E-state index in [-0.39, 0.29) is 17.4 Å². The van der Waals surface area contributed by atoms with Crippen molar-refractivity contribution in [1.29, 1.82) is 0 Å². The molecule has 1 amide bonds. The van der Waals surface area contributed by atoms with Crippen molar-refractivity contribution in [2.24, 2.45) is 0 Å². The number of nitrogens with zero attached hydrogens (tertiary/aromatic N) is 2. The summed E-state index contributed by atoms with van der Waals surface area (Å²) in [7, 11) is 0. The number of carbonyl (C=O) groups is 1. The van der Waals surface area contributed by atoms with Gasteiger partial charge >= 0.3 is 0 Å². The molecule has 5 heteroatoms. The second-order valence-electron chi connectivity index (χ2n) is 7.76. The number of benzene rings is 2. The van der Waals surface area contributed by atoms with E-state index in [0.29, 0.717) is 0 Å². The first-order valence-corrected chi connectivity index (χ1v) is 8.96. The number of oxazole rings is 1. The predicted molar refractivity (Wildman–Crippen MR) is 104 cm³/mol. The molecule has 134 valence electrons. The van der Waals surface area contributed by atoms with E-state index >= 15 is 0 Å². The SMILES string of the molecule is CC(C)(C)c1nc2cc(NC3CCN(c4ccccc4)C3=O)ccc2o1. The van der Waals surface area contributed by atoms with Gasteiger partial charge in [-0.3, -0.25) is 4.79 Å². The topological polar surface area (TPSA) is 58.4 Å². The quantitative estimate of drug-likeness (QED) is 0.764. The number of hydrogen-bond donors (Lipinski definition) is 1. The van der Waals surface area contributed by atoms with Crippen LogP contribution < -0.4 is 10.2 Å². The smallest absolute Gasteiger partial charge is 0.249 e. The summed E-state index contributed by atoms with van der Waals surface area (Å²) in [4.78, 5) is 19.2. The van der Waals surface area contributed by atoms with Gasteiger partial charge in [-0.2, -0.15) is 0 Å². The fraction of sp³-hybridized carbons (Fsp3) is 0.333. The summed E-state index contributed by atoms with van der Waals surface area (Å²) in [6.07, 6.45) is 0.776. The third-order valence-electron chi connectivity index (χ3n) is 4.64. The van der Waals surface area contributed by atoms with Gasteiger partial charge in [-0.15, -0.1) is 0 Å². The number of hydrogen-bond acceptors (Lipinski definition) is 4. The first kappa shape index (κ1) is 16.6. The number of rotatable bonds is 3. The maximum atomic E-state index is 12.7. The van der Waals surface area contributed by atoms with E-state index in [1.807, 2.05) is 53.4 Å². The second kappa shape index (κ2) is 6.16. The molecule has 1 atom stereocenters. The van der Waals surface area contributed by atoms with E-state index in [4.69, 9.17) is 4.42 Å². The molecule has 0 saturated carbocycles. The molecule has 4 rings (SSSR count). The number of fused-ring (bicyclic) bond motifs is 1. The Kier molecular flexibility index (Phi) is 3.94. The molecule has 5 nitrogen and oxygen atoms in total. The minimum Gasteiger partial charge on any atom is -0.440 e. The Morgan fingerprint density at radius 2 is 1.92 bits per heavy atom. The van der Waals surface area contributed by atoms with E-state index in [2.05, 4.69) is 31.1 Å². The van der Waals surface area contributed by atoms with Crippen LogP contribution in [-0.4, -0.2) is 23.5 Å². The van der Waals surface area contributed by atoms with E-state index in [1.54, 1.807) is 0 Å². The third kappa shape index (κ3) is 3.05. The molecule has 1 fully saturated rings. The molecule has 1 aliphatic rings. The lowest BCUT2D eigenvalue weighted by molar-refractivity contribution is -0.117. The van der Waals surface area contributed by atoms with Crippen LogP contribution in [0.4, 0.5) is 11.4 Å². The molecule has 1 saturated heterocycles. The molecule has 3 aromatic rings. The number of para-hydroxylation sites is 1. The fourth-order valence-electron chi connectivity index (χ4n) is 3.22. The van der Waals surface area contributed by atoms with Crippen molar-refractivity contribution in [2.75, 3.05) is 16.8 Å². The molecule has 1 N–H and O–H groups in total. The minimum absolute atomic E-state index is 0.104. The van der Waals surface area contributed by atoms with Crippen molar-refractivity contribution >= 4 is 28.4 Å². The van der Waals surface area contributed by atoms with Gasteiger partial charge in [0.15, 0.2) is 5.58 Å². The van der Waals surface area contributed by atoms with Gasteiger partial charge in [0, 0.05) is 23.3 Å². The van der Waals surface area contributed by atoms with Gasteiger partial charge in [-0.1, -0.05) is 39.0 Å². The summed E-state index contributed by atoms with van der Waals surface area (Å²) >= 11 is 0. The molecular formula is C21H23N3O2. The van der Waals surface area contributed by atoms with Crippen LogP contribution >= 0.6 is 0 Å². The average molecular weight is 349 g/mol. The Bertz CT molecular complexity index is 941. The van der Waals surface area contributed by atoms with Gasteiger partial charge in [-0.05, 0) is 36.8 Å². The van der Waals surface area contributed by atoms with Crippen LogP contribution in [0.5, 0.6) is 0 Å². The largest absolute Gasteiger partial charge is 0.440 e. The summed E-state index contributed by atoms with van der Waals surface area (Å²) in [5.41, 5.74) is 3.28. The zero-order chi connectivity index (χ0) is 18.3. The van der Waals surface area contributed by atoms with Crippen LogP contribution in [0, 0.1) is 0 Å². The number of carbonyl (C=O) groups excluding carboxylic acids is 1. The van der Waals surface area contributed by atoms with Crippen molar-refractivity contribution in [3.63, 3.8) is 0 Å². The highest BCUT2D eigenvalue weighted by atomic mass is 16.3. The van der Waals surface area contributed by atoms with Gasteiger partial charge in [0.25, 0.3) is 0 Å². The lowest BCUT2D eigenvalue weighted by atomic mass is 9.97. The van der Waals surface area contributed by atoms with E-state index in [0.717, 1.165) is 41.3 Å². The standard InChI is InChI=1S/C21H23N3O2/c1-21(2,3)20-23-17-13-14(9-10-18(17)26-20)22-16-11-12-24(19(16)25)15-7-5-4-6-8-15/h4-10,13,16,22H,11-12H2,1-3H3. The first-order valence-electron chi connectivity index (χ1n) is 8.96. The first-order chi connectivity index (χ1) is 12.4. The van der Waals surface area contributed by atoms with Gasteiger partial charge in [0.05, 0.1) is 0 Å². The zero-order valence-electron chi connectivity index (χ0n) is 15.3. The molecule has 1 aromatic heterocycles. The third-order valence-corrected chi connectivity index (χ3v) is 4.64. The van der Waals surface area contributed by atoms with E-state index in [9.17, 15) is 4.79 Å². The van der Waals surface area contributed by atoms with Gasteiger partial charge < -0.3 is 14.6 Å². The van der Waals surface area contributed by atoms with Crippen LogP contribution in [0.3, 0.4) is 0 Å². The highest BCUT2D eigenvalue weighted by Gasteiger charge is 2.32. The number of nitrogens with one attached hydrogen (secondary N) is 1. The molecular weight excluding hydrogens is 326 g/mol. The molecule has 26 heavy (non-hydrogen) atoms. The molecule has 1 unspecified atom stereocenters. The number of anilines is 2. The van der Waals surface area contributed by atoms with Crippen molar-refractivity contribution in [1.82, 2.24) is 4.98 Å². The molecule has 2 aromatic carbocycles. The zero-order valence-corrected chi connectivity index (χ0v) is 15.3. The normalized spacial score (nSPS) is 17.9. The summed E-state index contributed by atoms with van der Waals surface area (Å²) in [6, 6.07) is 15.4. The number of amides is 1.